The first-order valence-electron chi connectivity index (χ1n) is 10.4. The molecular weight excluding hydrogens is 380 g/mol. The molecule has 2 aromatic rings. The van der Waals surface area contributed by atoms with Gasteiger partial charge in [0.2, 0.25) is 0 Å². The number of fused-ring (bicyclic) bond motifs is 2. The molecule has 2 aliphatic carbocycles. The third kappa shape index (κ3) is 3.32. The largest absolute Gasteiger partial charge is 0.443 e. The fourth-order valence-corrected chi connectivity index (χ4v) is 4.77. The van der Waals surface area contributed by atoms with Crippen LogP contribution in [-0.2, 0) is 22.7 Å². The minimum atomic E-state index is -0.496. The summed E-state index contributed by atoms with van der Waals surface area (Å²) < 4.78 is 11.2. The number of amides is 2. The molecule has 30 heavy (non-hydrogen) atoms. The third-order valence-electron chi connectivity index (χ3n) is 6.29. The lowest BCUT2D eigenvalue weighted by Gasteiger charge is -2.59. The lowest BCUT2D eigenvalue weighted by molar-refractivity contribution is -0.159. The van der Waals surface area contributed by atoms with E-state index in [4.69, 9.17) is 9.47 Å². The van der Waals surface area contributed by atoms with Gasteiger partial charge in [0, 0.05) is 11.8 Å². The molecule has 6 heteroatoms. The van der Waals surface area contributed by atoms with E-state index in [-0.39, 0.29) is 37.1 Å². The van der Waals surface area contributed by atoms with E-state index >= 15 is 0 Å². The molecule has 0 unspecified atom stereocenters. The Kier molecular flexibility index (Phi) is 4.91. The van der Waals surface area contributed by atoms with Crippen molar-refractivity contribution in [2.24, 2.45) is 11.8 Å². The number of nitrogens with zero attached hydrogens (tertiary/aromatic N) is 2. The summed E-state index contributed by atoms with van der Waals surface area (Å²) in [7, 11) is 0. The van der Waals surface area contributed by atoms with Crippen molar-refractivity contribution in [2.75, 3.05) is 0 Å². The van der Waals surface area contributed by atoms with Gasteiger partial charge in [-0.2, -0.15) is 0 Å². The molecule has 0 spiro atoms. The number of carbonyl (C=O) groups is 2. The second-order valence-corrected chi connectivity index (χ2v) is 8.02. The van der Waals surface area contributed by atoms with Crippen LogP contribution in [0.3, 0.4) is 0 Å². The molecule has 2 aromatic carbocycles. The van der Waals surface area contributed by atoms with Gasteiger partial charge in [0.15, 0.2) is 0 Å². The van der Waals surface area contributed by atoms with Crippen LogP contribution >= 0.6 is 0 Å². The van der Waals surface area contributed by atoms with Gasteiger partial charge in [0.25, 0.3) is 0 Å². The zero-order chi connectivity index (χ0) is 20.5. The van der Waals surface area contributed by atoms with Crippen LogP contribution in [0.4, 0.5) is 9.59 Å². The molecule has 3 fully saturated rings. The first-order chi connectivity index (χ1) is 14.7. The molecular formula is C24H24N2O4. The molecule has 6 rings (SSSR count). The van der Waals surface area contributed by atoms with Crippen molar-refractivity contribution >= 4 is 12.2 Å². The molecule has 2 bridgehead atoms. The molecule has 4 aliphatic rings. The van der Waals surface area contributed by atoms with Crippen molar-refractivity contribution in [3.8, 4) is 0 Å². The Morgan fingerprint density at radius 3 is 1.47 bits per heavy atom. The normalized spacial score (nSPS) is 26.0. The van der Waals surface area contributed by atoms with E-state index < -0.39 is 12.2 Å². The molecule has 0 aromatic heterocycles. The Balaban J connectivity index is 1.32. The van der Waals surface area contributed by atoms with Crippen LogP contribution in [0, 0.1) is 11.8 Å². The molecule has 0 N–H and O–H groups in total. The van der Waals surface area contributed by atoms with Gasteiger partial charge in [0.05, 0.1) is 12.1 Å². The van der Waals surface area contributed by atoms with Crippen LogP contribution in [0.2, 0.25) is 0 Å². The SMILES string of the molecule is O=C(OCc1ccccc1)N1[C@@H]2CC[C@@H]([C@H]3C=C[C@H]32)N1C(=O)OCc1ccccc1. The number of ether oxygens (including phenoxy) is 2. The predicted octanol–water partition coefficient (Wildman–Crippen LogP) is 4.53. The van der Waals surface area contributed by atoms with Crippen LogP contribution in [-0.4, -0.2) is 34.3 Å². The molecule has 154 valence electrons. The summed E-state index contributed by atoms with van der Waals surface area (Å²) in [5.41, 5.74) is 1.82. The molecule has 4 atom stereocenters. The highest BCUT2D eigenvalue weighted by Gasteiger charge is 2.57. The predicted molar refractivity (Wildman–Crippen MR) is 110 cm³/mol. The van der Waals surface area contributed by atoms with Crippen molar-refractivity contribution in [2.45, 2.75) is 38.1 Å². The molecule has 2 saturated heterocycles. The van der Waals surface area contributed by atoms with Gasteiger partial charge in [-0.15, -0.1) is 0 Å². The maximum Gasteiger partial charge on any atom is 0.429 e. The number of benzene rings is 2. The molecule has 0 radical (unpaired) electrons. The number of hydrogen-bond acceptors (Lipinski definition) is 4. The highest BCUT2D eigenvalue weighted by atomic mass is 16.6. The van der Waals surface area contributed by atoms with E-state index in [9.17, 15) is 9.59 Å². The van der Waals surface area contributed by atoms with Crippen molar-refractivity contribution < 1.29 is 19.1 Å². The summed E-state index contributed by atoms with van der Waals surface area (Å²) in [5.74, 6) is 0.567. The van der Waals surface area contributed by atoms with E-state index in [0.717, 1.165) is 24.0 Å². The summed E-state index contributed by atoms with van der Waals surface area (Å²) in [6.07, 6.45) is 5.02. The van der Waals surface area contributed by atoms with Crippen molar-refractivity contribution in [1.29, 1.82) is 0 Å². The topological polar surface area (TPSA) is 59.1 Å². The summed E-state index contributed by atoms with van der Waals surface area (Å²) >= 11 is 0. The quantitative estimate of drug-likeness (QED) is 0.703. The van der Waals surface area contributed by atoms with Crippen LogP contribution in [0.25, 0.3) is 0 Å². The van der Waals surface area contributed by atoms with Crippen molar-refractivity contribution in [3.63, 3.8) is 0 Å². The minimum Gasteiger partial charge on any atom is -0.443 e. The van der Waals surface area contributed by atoms with Crippen LogP contribution in [0.15, 0.2) is 72.8 Å². The summed E-state index contributed by atoms with van der Waals surface area (Å²) in [4.78, 5) is 26.1. The fraction of sp³-hybridized carbons (Fsp3) is 0.333. The van der Waals surface area contributed by atoms with E-state index in [1.54, 1.807) is 0 Å². The summed E-state index contributed by atoms with van der Waals surface area (Å²) in [6, 6.07) is 19.0. The zero-order valence-corrected chi connectivity index (χ0v) is 16.6. The van der Waals surface area contributed by atoms with Gasteiger partial charge < -0.3 is 9.47 Å². The van der Waals surface area contributed by atoms with Gasteiger partial charge >= 0.3 is 12.2 Å². The number of hydrazine groups is 1. The Bertz CT molecular complexity index is 869. The lowest BCUT2D eigenvalue weighted by Crippen LogP contribution is -2.71. The summed E-state index contributed by atoms with van der Waals surface area (Å²) in [6.45, 7) is 0.342. The number of hydrogen-bond donors (Lipinski definition) is 0. The molecule has 2 aliphatic heterocycles. The minimum absolute atomic E-state index is 0.0717. The van der Waals surface area contributed by atoms with Gasteiger partial charge in [0.1, 0.15) is 13.2 Å². The molecule has 2 heterocycles. The van der Waals surface area contributed by atoms with E-state index in [2.05, 4.69) is 12.2 Å². The van der Waals surface area contributed by atoms with Crippen LogP contribution < -0.4 is 0 Å². The molecule has 6 nitrogen and oxygen atoms in total. The Labute approximate surface area is 175 Å². The van der Waals surface area contributed by atoms with Crippen LogP contribution in [0.5, 0.6) is 0 Å². The van der Waals surface area contributed by atoms with E-state index in [1.165, 1.54) is 10.0 Å². The third-order valence-corrected chi connectivity index (χ3v) is 6.29. The maximum atomic E-state index is 13.1. The number of carbonyl (C=O) groups excluding carboxylic acids is 2. The van der Waals surface area contributed by atoms with Gasteiger partial charge in [-0.25, -0.2) is 19.6 Å². The standard InChI is InChI=1S/C24H24N2O4/c27-23(29-15-17-7-3-1-4-8-17)25-21-13-14-22(20-12-11-19(20)21)26(25)24(28)30-16-18-9-5-2-6-10-18/h1-12,19-22H,13-16H2/t19-,20+,21-,22+. The van der Waals surface area contributed by atoms with Crippen molar-refractivity contribution in [1.82, 2.24) is 10.0 Å². The second-order valence-electron chi connectivity index (χ2n) is 8.02. The first-order valence-corrected chi connectivity index (χ1v) is 10.4. The Morgan fingerprint density at radius 2 is 1.10 bits per heavy atom. The number of rotatable bonds is 4. The summed E-state index contributed by atoms with van der Waals surface area (Å²) in [5, 5.41) is 3.02. The Hall–Kier alpha value is -3.28. The van der Waals surface area contributed by atoms with E-state index in [0.29, 0.717) is 0 Å². The Morgan fingerprint density at radius 1 is 0.700 bits per heavy atom. The average Bonchev–Trinajstić information content (AvgIpc) is 2.76. The smallest absolute Gasteiger partial charge is 0.429 e. The van der Waals surface area contributed by atoms with Gasteiger partial charge in [-0.1, -0.05) is 72.8 Å². The van der Waals surface area contributed by atoms with Crippen molar-refractivity contribution in [3.05, 3.63) is 83.9 Å². The van der Waals surface area contributed by atoms with E-state index in [1.807, 2.05) is 60.7 Å². The zero-order valence-electron chi connectivity index (χ0n) is 16.6. The lowest BCUT2D eigenvalue weighted by atomic mass is 9.64. The highest BCUT2D eigenvalue weighted by molar-refractivity contribution is 5.76. The maximum absolute atomic E-state index is 13.1. The highest BCUT2D eigenvalue weighted by Crippen LogP contribution is 2.49. The van der Waals surface area contributed by atoms with Gasteiger partial charge in [-0.3, -0.25) is 0 Å². The molecule has 2 amide bonds. The van der Waals surface area contributed by atoms with Gasteiger partial charge in [-0.05, 0) is 24.0 Å². The second kappa shape index (κ2) is 7.86. The van der Waals surface area contributed by atoms with Crippen LogP contribution in [0.1, 0.15) is 24.0 Å². The fourth-order valence-electron chi connectivity index (χ4n) is 4.77. The average molecular weight is 404 g/mol. The molecule has 1 saturated carbocycles. The first kappa shape index (κ1) is 18.7. The monoisotopic (exact) mass is 404 g/mol.